The molecule has 2 N–H and O–H groups in total. The molecule has 0 amide bonds. The predicted octanol–water partition coefficient (Wildman–Crippen LogP) is 4.71. The van der Waals surface area contributed by atoms with E-state index in [-0.39, 0.29) is 0 Å². The fraction of sp³-hybridized carbons (Fsp3) is 0. The van der Waals surface area contributed by atoms with Crippen molar-refractivity contribution in [3.8, 4) is 21.8 Å². The van der Waals surface area contributed by atoms with Crippen LogP contribution >= 0.6 is 22.9 Å². The molecule has 0 saturated heterocycles. The number of para-hydroxylation sites is 1. The van der Waals surface area contributed by atoms with Gasteiger partial charge in [0.1, 0.15) is 5.01 Å². The van der Waals surface area contributed by atoms with E-state index in [1.807, 2.05) is 53.9 Å². The maximum atomic E-state index is 6.19. The molecule has 19 heavy (non-hydrogen) atoms. The van der Waals surface area contributed by atoms with Gasteiger partial charge in [0.05, 0.1) is 10.7 Å². The largest absolute Gasteiger partial charge is 0.398 e. The highest BCUT2D eigenvalue weighted by Gasteiger charge is 2.10. The van der Waals surface area contributed by atoms with Crippen molar-refractivity contribution in [1.82, 2.24) is 4.98 Å². The highest BCUT2D eigenvalue weighted by Crippen LogP contribution is 2.34. The lowest BCUT2D eigenvalue weighted by Gasteiger charge is -2.01. The lowest BCUT2D eigenvalue weighted by Crippen LogP contribution is -1.89. The van der Waals surface area contributed by atoms with Crippen molar-refractivity contribution in [3.63, 3.8) is 0 Å². The van der Waals surface area contributed by atoms with E-state index in [2.05, 4.69) is 4.98 Å². The summed E-state index contributed by atoms with van der Waals surface area (Å²) < 4.78 is 0. The first-order valence-electron chi connectivity index (χ1n) is 5.81. The third-order valence-corrected chi connectivity index (χ3v) is 4.05. The van der Waals surface area contributed by atoms with Gasteiger partial charge in [0.2, 0.25) is 0 Å². The SMILES string of the molecule is Nc1ccccc1-c1csc(-c2ccccc2Cl)n1. The maximum absolute atomic E-state index is 6.19. The number of anilines is 1. The highest BCUT2D eigenvalue weighted by atomic mass is 35.5. The zero-order chi connectivity index (χ0) is 13.2. The molecule has 0 radical (unpaired) electrons. The van der Waals surface area contributed by atoms with Crippen molar-refractivity contribution in [2.45, 2.75) is 0 Å². The zero-order valence-corrected chi connectivity index (χ0v) is 11.6. The van der Waals surface area contributed by atoms with Crippen molar-refractivity contribution in [2.75, 3.05) is 5.73 Å². The summed E-state index contributed by atoms with van der Waals surface area (Å²) >= 11 is 7.76. The standard InChI is InChI=1S/C15H11ClN2S/c16-12-7-3-1-5-10(12)15-18-14(9-19-15)11-6-2-4-8-13(11)17/h1-9H,17H2. The second-order valence-corrected chi connectivity index (χ2v) is 5.37. The lowest BCUT2D eigenvalue weighted by molar-refractivity contribution is 1.40. The molecule has 0 aliphatic heterocycles. The summed E-state index contributed by atoms with van der Waals surface area (Å²) in [6, 6.07) is 15.4. The molecule has 1 aromatic heterocycles. The number of nitrogens with two attached hydrogens (primary N) is 1. The number of hydrogen-bond donors (Lipinski definition) is 1. The van der Waals surface area contributed by atoms with E-state index < -0.39 is 0 Å². The number of nitrogens with zero attached hydrogens (tertiary/aromatic N) is 1. The molecule has 0 spiro atoms. The molecule has 0 saturated carbocycles. The van der Waals surface area contributed by atoms with Gasteiger partial charge in [-0.25, -0.2) is 4.98 Å². The molecule has 2 nitrogen and oxygen atoms in total. The first-order valence-corrected chi connectivity index (χ1v) is 7.07. The Kier molecular flexibility index (Phi) is 3.23. The number of hydrogen-bond acceptors (Lipinski definition) is 3. The topological polar surface area (TPSA) is 38.9 Å². The number of aromatic nitrogens is 1. The normalized spacial score (nSPS) is 10.6. The monoisotopic (exact) mass is 286 g/mol. The molecule has 1 heterocycles. The molecular weight excluding hydrogens is 276 g/mol. The van der Waals surface area contributed by atoms with E-state index >= 15 is 0 Å². The molecule has 0 aliphatic carbocycles. The molecule has 0 unspecified atom stereocenters. The van der Waals surface area contributed by atoms with E-state index in [9.17, 15) is 0 Å². The molecule has 3 aromatic rings. The first kappa shape index (κ1) is 12.2. The first-order chi connectivity index (χ1) is 9.25. The minimum Gasteiger partial charge on any atom is -0.398 e. The predicted molar refractivity (Wildman–Crippen MR) is 82.4 cm³/mol. The minimum atomic E-state index is 0.712. The van der Waals surface area contributed by atoms with Crippen molar-refractivity contribution >= 4 is 28.6 Å². The van der Waals surface area contributed by atoms with Gasteiger partial charge in [-0.2, -0.15) is 0 Å². The van der Waals surface area contributed by atoms with Crippen LogP contribution in [0.25, 0.3) is 21.8 Å². The van der Waals surface area contributed by atoms with Gasteiger partial charge in [0, 0.05) is 22.2 Å². The summed E-state index contributed by atoms with van der Waals surface area (Å²) in [6.07, 6.45) is 0. The van der Waals surface area contributed by atoms with Crippen LogP contribution in [0.4, 0.5) is 5.69 Å². The Morgan fingerprint density at radius 1 is 0.947 bits per heavy atom. The number of thiazole rings is 1. The molecule has 3 rings (SSSR count). The molecule has 0 bridgehead atoms. The molecule has 2 aromatic carbocycles. The Balaban J connectivity index is 2.06. The van der Waals surface area contributed by atoms with Crippen LogP contribution in [0, 0.1) is 0 Å². The lowest BCUT2D eigenvalue weighted by atomic mass is 10.1. The molecule has 0 atom stereocenters. The van der Waals surface area contributed by atoms with Gasteiger partial charge >= 0.3 is 0 Å². The molecule has 0 fully saturated rings. The fourth-order valence-corrected chi connectivity index (χ4v) is 3.03. The minimum absolute atomic E-state index is 0.712. The van der Waals surface area contributed by atoms with Gasteiger partial charge in [-0.3, -0.25) is 0 Å². The van der Waals surface area contributed by atoms with E-state index in [0.717, 1.165) is 27.5 Å². The van der Waals surface area contributed by atoms with Crippen molar-refractivity contribution in [1.29, 1.82) is 0 Å². The Hall–Kier alpha value is -1.84. The summed E-state index contributed by atoms with van der Waals surface area (Å²) in [5, 5.41) is 3.62. The summed E-state index contributed by atoms with van der Waals surface area (Å²) in [6.45, 7) is 0. The number of benzene rings is 2. The van der Waals surface area contributed by atoms with Crippen LogP contribution < -0.4 is 5.73 Å². The molecule has 94 valence electrons. The summed E-state index contributed by atoms with van der Waals surface area (Å²) in [5.41, 5.74) is 9.50. The second kappa shape index (κ2) is 5.03. The summed E-state index contributed by atoms with van der Waals surface area (Å²) in [5.74, 6) is 0. The second-order valence-electron chi connectivity index (χ2n) is 4.10. The Bertz CT molecular complexity index is 661. The van der Waals surface area contributed by atoms with Gasteiger partial charge in [-0.1, -0.05) is 48.0 Å². The third kappa shape index (κ3) is 2.35. The maximum Gasteiger partial charge on any atom is 0.125 e. The molecule has 4 heteroatoms. The Morgan fingerprint density at radius 2 is 1.63 bits per heavy atom. The number of nitrogen functional groups attached to an aromatic ring is 1. The Morgan fingerprint density at radius 3 is 2.37 bits per heavy atom. The van der Waals surface area contributed by atoms with Crippen LogP contribution in [-0.2, 0) is 0 Å². The smallest absolute Gasteiger partial charge is 0.125 e. The van der Waals surface area contributed by atoms with Crippen molar-refractivity contribution < 1.29 is 0 Å². The zero-order valence-electron chi connectivity index (χ0n) is 10.0. The van der Waals surface area contributed by atoms with Gasteiger partial charge in [-0.15, -0.1) is 11.3 Å². The quantitative estimate of drug-likeness (QED) is 0.693. The van der Waals surface area contributed by atoms with Crippen LogP contribution in [0.15, 0.2) is 53.9 Å². The average Bonchev–Trinajstić information content (AvgIpc) is 2.89. The molecule has 0 aliphatic rings. The van der Waals surface area contributed by atoms with Crippen LogP contribution in [0.3, 0.4) is 0 Å². The average molecular weight is 287 g/mol. The van der Waals surface area contributed by atoms with E-state index in [4.69, 9.17) is 17.3 Å². The van der Waals surface area contributed by atoms with Crippen molar-refractivity contribution in [3.05, 3.63) is 58.9 Å². The van der Waals surface area contributed by atoms with Crippen LogP contribution in [0.2, 0.25) is 5.02 Å². The fourth-order valence-electron chi connectivity index (χ4n) is 1.89. The summed E-state index contributed by atoms with van der Waals surface area (Å²) in [7, 11) is 0. The van der Waals surface area contributed by atoms with Crippen LogP contribution in [0.5, 0.6) is 0 Å². The highest BCUT2D eigenvalue weighted by molar-refractivity contribution is 7.13. The van der Waals surface area contributed by atoms with Gasteiger partial charge < -0.3 is 5.73 Å². The Labute approximate surface area is 120 Å². The van der Waals surface area contributed by atoms with Gasteiger partial charge in [0.25, 0.3) is 0 Å². The van der Waals surface area contributed by atoms with E-state index in [1.165, 1.54) is 0 Å². The number of halogens is 1. The van der Waals surface area contributed by atoms with Crippen LogP contribution in [-0.4, -0.2) is 4.98 Å². The van der Waals surface area contributed by atoms with Crippen LogP contribution in [0.1, 0.15) is 0 Å². The third-order valence-electron chi connectivity index (χ3n) is 2.85. The van der Waals surface area contributed by atoms with E-state index in [0.29, 0.717) is 5.02 Å². The van der Waals surface area contributed by atoms with Gasteiger partial charge in [-0.05, 0) is 12.1 Å². The van der Waals surface area contributed by atoms with Crippen molar-refractivity contribution in [2.24, 2.45) is 0 Å². The molecular formula is C15H11ClN2S. The van der Waals surface area contributed by atoms with Gasteiger partial charge in [0.15, 0.2) is 0 Å². The number of rotatable bonds is 2. The van der Waals surface area contributed by atoms with E-state index in [1.54, 1.807) is 11.3 Å². The summed E-state index contributed by atoms with van der Waals surface area (Å²) in [4.78, 5) is 4.63.